The number of amides is 1. The fourth-order valence-electron chi connectivity index (χ4n) is 4.73. The molecule has 3 atom stereocenters. The van der Waals surface area contributed by atoms with Crippen molar-refractivity contribution in [1.29, 1.82) is 0 Å². The molecular formula is C23H29F3N8O3. The number of nitrogens with one attached hydrogen (secondary N) is 3. The molecule has 2 aliphatic rings. The van der Waals surface area contributed by atoms with E-state index in [4.69, 9.17) is 4.74 Å². The lowest BCUT2D eigenvalue weighted by molar-refractivity contribution is -0.197. The minimum Gasteiger partial charge on any atom is -0.443 e. The Morgan fingerprint density at radius 1 is 1.30 bits per heavy atom. The number of alkyl carbamates (subject to hydrolysis) is 1. The van der Waals surface area contributed by atoms with Crippen molar-refractivity contribution in [2.75, 3.05) is 18.4 Å². The van der Waals surface area contributed by atoms with Crippen molar-refractivity contribution in [1.82, 2.24) is 34.8 Å². The van der Waals surface area contributed by atoms with Crippen LogP contribution in [0.15, 0.2) is 24.5 Å². The molecule has 3 aromatic heterocycles. The van der Waals surface area contributed by atoms with E-state index in [0.29, 0.717) is 55.6 Å². The van der Waals surface area contributed by atoms with Crippen LogP contribution in [0.5, 0.6) is 0 Å². The van der Waals surface area contributed by atoms with Gasteiger partial charge in [0, 0.05) is 55.7 Å². The molecular weight excluding hydrogens is 493 g/mol. The van der Waals surface area contributed by atoms with Gasteiger partial charge in [0.05, 0.1) is 11.8 Å². The van der Waals surface area contributed by atoms with E-state index in [1.165, 1.54) is 0 Å². The summed E-state index contributed by atoms with van der Waals surface area (Å²) in [5, 5.41) is 12.9. The molecule has 1 aliphatic heterocycles. The third-order valence-electron chi connectivity index (χ3n) is 6.44. The van der Waals surface area contributed by atoms with Crippen LogP contribution in [0.2, 0.25) is 0 Å². The van der Waals surface area contributed by atoms with E-state index in [1.54, 1.807) is 36.6 Å². The fraction of sp³-hybridized carbons (Fsp3) is 0.565. The number of rotatable bonds is 9. The van der Waals surface area contributed by atoms with Gasteiger partial charge in [-0.05, 0) is 32.8 Å². The van der Waals surface area contributed by atoms with E-state index in [-0.39, 0.29) is 6.04 Å². The van der Waals surface area contributed by atoms with Gasteiger partial charge in [-0.2, -0.15) is 13.9 Å². The molecule has 0 bridgehead atoms. The molecule has 1 aliphatic carbocycles. The Balaban J connectivity index is 1.21. The van der Waals surface area contributed by atoms with Gasteiger partial charge in [0.1, 0.15) is 17.9 Å². The molecule has 1 saturated heterocycles. The minimum absolute atomic E-state index is 0.0933. The zero-order valence-corrected chi connectivity index (χ0v) is 20.4. The summed E-state index contributed by atoms with van der Waals surface area (Å²) >= 11 is 0. The van der Waals surface area contributed by atoms with E-state index in [0.717, 1.165) is 5.69 Å². The average Bonchev–Trinajstić information content (AvgIpc) is 3.51. The van der Waals surface area contributed by atoms with Crippen molar-refractivity contribution in [3.8, 4) is 0 Å². The number of imidazole rings is 1. The first kappa shape index (κ1) is 25.3. The van der Waals surface area contributed by atoms with E-state index >= 15 is 4.39 Å². The second-order valence-corrected chi connectivity index (χ2v) is 9.65. The Kier molecular flexibility index (Phi) is 7.20. The highest BCUT2D eigenvalue weighted by Gasteiger charge is 2.41. The van der Waals surface area contributed by atoms with Crippen molar-refractivity contribution in [3.05, 3.63) is 35.9 Å². The number of ether oxygens (including phenoxy) is 2. The topological polar surface area (TPSA) is 122 Å². The maximum absolute atomic E-state index is 15.1. The first-order valence-electron chi connectivity index (χ1n) is 12.2. The molecule has 3 aromatic rings. The number of halogens is 3. The highest BCUT2D eigenvalue weighted by molar-refractivity contribution is 5.67. The van der Waals surface area contributed by atoms with Crippen LogP contribution in [0.4, 0.5) is 29.7 Å². The predicted molar refractivity (Wildman–Crippen MR) is 126 cm³/mol. The molecule has 0 radical (unpaired) electrons. The van der Waals surface area contributed by atoms with Crippen LogP contribution in [0.3, 0.4) is 0 Å². The SMILES string of the molecule is CC(C)NC(=O)O[C@@H]1CC[C@H](c2cc(Nc3nccc4nc(CN5CC(OC(F)F)C5)cn34)n[nH]2)[C@H]1F. The van der Waals surface area contributed by atoms with Gasteiger partial charge >= 0.3 is 12.7 Å². The van der Waals surface area contributed by atoms with E-state index in [1.807, 2.05) is 11.1 Å². The largest absolute Gasteiger partial charge is 0.443 e. The number of alkyl halides is 3. The van der Waals surface area contributed by atoms with Crippen LogP contribution in [-0.2, 0) is 16.0 Å². The molecule has 14 heteroatoms. The highest BCUT2D eigenvalue weighted by atomic mass is 19.3. The number of H-pyrrole nitrogens is 1. The molecule has 37 heavy (non-hydrogen) atoms. The maximum atomic E-state index is 15.1. The van der Waals surface area contributed by atoms with Gasteiger partial charge in [0.2, 0.25) is 5.95 Å². The second-order valence-electron chi connectivity index (χ2n) is 9.65. The molecule has 0 spiro atoms. The summed E-state index contributed by atoms with van der Waals surface area (Å²) in [6.45, 7) is 2.18. The molecule has 0 aromatic carbocycles. The molecule has 3 N–H and O–H groups in total. The number of carbonyl (C=O) groups excluding carboxylic acids is 1. The smallest absolute Gasteiger partial charge is 0.407 e. The lowest BCUT2D eigenvalue weighted by atomic mass is 10.0. The van der Waals surface area contributed by atoms with Gasteiger partial charge in [0.25, 0.3) is 0 Å². The average molecular weight is 523 g/mol. The summed E-state index contributed by atoms with van der Waals surface area (Å²) in [6.07, 6.45) is 1.11. The third kappa shape index (κ3) is 5.80. The second kappa shape index (κ2) is 10.5. The normalized spacial score (nSPS) is 22.6. The first-order chi connectivity index (χ1) is 17.7. The highest BCUT2D eigenvalue weighted by Crippen LogP contribution is 2.38. The Morgan fingerprint density at radius 3 is 2.86 bits per heavy atom. The number of carbonyl (C=O) groups is 1. The summed E-state index contributed by atoms with van der Waals surface area (Å²) in [6, 6.07) is 3.38. The van der Waals surface area contributed by atoms with Crippen molar-refractivity contribution >= 4 is 23.5 Å². The van der Waals surface area contributed by atoms with Crippen LogP contribution in [0, 0.1) is 0 Å². The number of aromatic nitrogens is 5. The molecule has 4 heterocycles. The van der Waals surface area contributed by atoms with Crippen LogP contribution in [0.25, 0.3) is 5.65 Å². The van der Waals surface area contributed by atoms with Gasteiger partial charge < -0.3 is 20.1 Å². The van der Waals surface area contributed by atoms with Crippen molar-refractivity contribution < 1.29 is 27.4 Å². The van der Waals surface area contributed by atoms with E-state index < -0.39 is 37.0 Å². The zero-order chi connectivity index (χ0) is 26.1. The number of hydrogen-bond acceptors (Lipinski definition) is 8. The Hall–Kier alpha value is -3.39. The third-order valence-corrected chi connectivity index (χ3v) is 6.44. The van der Waals surface area contributed by atoms with Gasteiger partial charge in [-0.15, -0.1) is 0 Å². The summed E-state index contributed by atoms with van der Waals surface area (Å²) in [5.74, 6) is 0.443. The van der Waals surface area contributed by atoms with Crippen molar-refractivity contribution in [2.24, 2.45) is 0 Å². The Labute approximate surface area is 210 Å². The lowest BCUT2D eigenvalue weighted by Crippen LogP contribution is -2.52. The number of aromatic amines is 1. The van der Waals surface area contributed by atoms with Gasteiger partial charge in [-0.3, -0.25) is 14.4 Å². The molecule has 11 nitrogen and oxygen atoms in total. The summed E-state index contributed by atoms with van der Waals surface area (Å²) < 4.78 is 51.2. The zero-order valence-electron chi connectivity index (χ0n) is 20.4. The molecule has 0 unspecified atom stereocenters. The number of nitrogens with zero attached hydrogens (tertiary/aromatic N) is 5. The lowest BCUT2D eigenvalue weighted by Gasteiger charge is -2.37. The first-order valence-corrected chi connectivity index (χ1v) is 12.2. The molecule has 200 valence electrons. The fourth-order valence-corrected chi connectivity index (χ4v) is 4.73. The number of fused-ring (bicyclic) bond motifs is 1. The Bertz CT molecular complexity index is 1230. The number of hydrogen-bond donors (Lipinski definition) is 3. The number of likely N-dealkylation sites (tertiary alicyclic amines) is 1. The summed E-state index contributed by atoms with van der Waals surface area (Å²) in [4.78, 5) is 22.8. The van der Waals surface area contributed by atoms with E-state index in [9.17, 15) is 13.6 Å². The van der Waals surface area contributed by atoms with Crippen LogP contribution in [-0.4, -0.2) is 79.7 Å². The van der Waals surface area contributed by atoms with Gasteiger partial charge in [-0.1, -0.05) is 0 Å². The summed E-state index contributed by atoms with van der Waals surface area (Å²) in [5.41, 5.74) is 2.01. The standard InChI is InChI=1S/C23H29F3N8O3/c1-12(2)28-23(35)37-17-4-3-15(20(17)24)16-7-18(32-31-16)30-22-27-6-5-19-29-13(9-34(19)22)8-33-10-14(11-33)36-21(25)26/h5-7,9,12,14-15,17,20-21H,3-4,8,10-11H2,1-2H3,(H,28,35)(H2,27,30,31,32)/t15-,17-,20-/m1/s1. The van der Waals surface area contributed by atoms with Crippen LogP contribution < -0.4 is 10.6 Å². The number of anilines is 2. The van der Waals surface area contributed by atoms with Crippen LogP contribution in [0.1, 0.15) is 44.0 Å². The van der Waals surface area contributed by atoms with Gasteiger partial charge in [0.15, 0.2) is 5.82 Å². The summed E-state index contributed by atoms with van der Waals surface area (Å²) in [7, 11) is 0. The van der Waals surface area contributed by atoms with E-state index in [2.05, 4.69) is 35.5 Å². The molecule has 1 saturated carbocycles. The predicted octanol–water partition coefficient (Wildman–Crippen LogP) is 3.34. The Morgan fingerprint density at radius 2 is 2.11 bits per heavy atom. The van der Waals surface area contributed by atoms with Crippen molar-refractivity contribution in [2.45, 2.75) is 70.2 Å². The maximum Gasteiger partial charge on any atom is 0.407 e. The van der Waals surface area contributed by atoms with Gasteiger partial charge in [-0.25, -0.2) is 19.2 Å². The minimum atomic E-state index is -2.76. The monoisotopic (exact) mass is 522 g/mol. The molecule has 5 rings (SSSR count). The quantitative estimate of drug-likeness (QED) is 0.391. The van der Waals surface area contributed by atoms with Crippen molar-refractivity contribution in [3.63, 3.8) is 0 Å². The molecule has 1 amide bonds. The van der Waals surface area contributed by atoms with Crippen LogP contribution >= 0.6 is 0 Å². The molecule has 2 fully saturated rings.